The van der Waals surface area contributed by atoms with Crippen LogP contribution in [-0.2, 0) is 13.0 Å². The molecule has 0 bridgehead atoms. The van der Waals surface area contributed by atoms with Gasteiger partial charge in [0.1, 0.15) is 5.75 Å². The molecule has 6 nitrogen and oxygen atoms in total. The fourth-order valence-corrected chi connectivity index (χ4v) is 2.72. The maximum Gasteiger partial charge on any atom is 0.387 e. The number of fused-ring (bicyclic) bond motifs is 1. The molecule has 9 heteroatoms. The lowest BCUT2D eigenvalue weighted by molar-refractivity contribution is -0.0499. The van der Waals surface area contributed by atoms with Crippen molar-refractivity contribution in [3.05, 3.63) is 46.8 Å². The smallest absolute Gasteiger partial charge is 0.387 e. The summed E-state index contributed by atoms with van der Waals surface area (Å²) in [6, 6.07) is 5.90. The highest BCUT2D eigenvalue weighted by Gasteiger charge is 2.22. The number of H-pyrrole nitrogens is 1. The van der Waals surface area contributed by atoms with E-state index in [0.29, 0.717) is 17.8 Å². The van der Waals surface area contributed by atoms with Crippen LogP contribution in [-0.4, -0.2) is 29.3 Å². The van der Waals surface area contributed by atoms with Crippen LogP contribution in [0.4, 0.5) is 8.78 Å². The average Bonchev–Trinajstić information content (AvgIpc) is 2.98. The highest BCUT2D eigenvalue weighted by Crippen LogP contribution is 2.22. The van der Waals surface area contributed by atoms with Crippen LogP contribution >= 0.6 is 12.4 Å². The average molecular weight is 373 g/mol. The first-order valence-electron chi connectivity index (χ1n) is 7.67. The van der Waals surface area contributed by atoms with Gasteiger partial charge in [0.05, 0.1) is 6.04 Å². The number of ether oxygens (including phenoxy) is 1. The van der Waals surface area contributed by atoms with Gasteiger partial charge in [-0.3, -0.25) is 9.89 Å². The third kappa shape index (κ3) is 4.46. The number of aromatic amines is 1. The minimum atomic E-state index is -2.88. The monoisotopic (exact) mass is 372 g/mol. The highest BCUT2D eigenvalue weighted by atomic mass is 35.5. The largest absolute Gasteiger partial charge is 0.435 e. The Bertz CT molecular complexity index is 739. The van der Waals surface area contributed by atoms with Crippen LogP contribution in [0.25, 0.3) is 0 Å². The number of alkyl halides is 2. The number of rotatable bonds is 5. The van der Waals surface area contributed by atoms with Crippen LogP contribution in [0.15, 0.2) is 24.3 Å². The summed E-state index contributed by atoms with van der Waals surface area (Å²) in [5.74, 6) is -0.242. The predicted molar refractivity (Wildman–Crippen MR) is 90.2 cm³/mol. The van der Waals surface area contributed by atoms with Gasteiger partial charge < -0.3 is 15.4 Å². The molecule has 0 fully saturated rings. The molecule has 0 aliphatic carbocycles. The summed E-state index contributed by atoms with van der Waals surface area (Å²) in [5, 5.41) is 13.0. The zero-order chi connectivity index (χ0) is 17.1. The summed E-state index contributed by atoms with van der Waals surface area (Å²) < 4.78 is 29.0. The summed E-state index contributed by atoms with van der Waals surface area (Å²) in [6.07, 6.45) is 0.804. The fraction of sp³-hybridized carbons (Fsp3) is 0.375. The normalized spacial score (nSPS) is 14.4. The van der Waals surface area contributed by atoms with Crippen LogP contribution in [0.1, 0.15) is 40.3 Å². The Labute approximate surface area is 149 Å². The van der Waals surface area contributed by atoms with Gasteiger partial charge in [0.25, 0.3) is 5.91 Å². The number of nitrogens with zero attached hydrogens (tertiary/aromatic N) is 1. The number of nitrogens with one attached hydrogen (secondary N) is 3. The molecule has 0 radical (unpaired) electrons. The van der Waals surface area contributed by atoms with Crippen LogP contribution < -0.4 is 15.4 Å². The first kappa shape index (κ1) is 19.1. The van der Waals surface area contributed by atoms with E-state index in [1.807, 2.05) is 0 Å². The van der Waals surface area contributed by atoms with Crippen molar-refractivity contribution in [1.29, 1.82) is 0 Å². The summed E-state index contributed by atoms with van der Waals surface area (Å²) in [4.78, 5) is 12.5. The van der Waals surface area contributed by atoms with Crippen LogP contribution in [0, 0.1) is 0 Å². The molecule has 1 aromatic heterocycles. The van der Waals surface area contributed by atoms with Crippen molar-refractivity contribution in [2.24, 2.45) is 0 Å². The van der Waals surface area contributed by atoms with Gasteiger partial charge in [-0.2, -0.15) is 13.9 Å². The van der Waals surface area contributed by atoms with Crippen molar-refractivity contribution in [3.63, 3.8) is 0 Å². The summed E-state index contributed by atoms with van der Waals surface area (Å²) in [7, 11) is 0. The molecule has 0 spiro atoms. The van der Waals surface area contributed by atoms with E-state index in [-0.39, 0.29) is 30.1 Å². The zero-order valence-electron chi connectivity index (χ0n) is 13.5. The predicted octanol–water partition coefficient (Wildman–Crippen LogP) is 2.57. The Morgan fingerprint density at radius 2 is 2.20 bits per heavy atom. The van der Waals surface area contributed by atoms with E-state index >= 15 is 0 Å². The Morgan fingerprint density at radius 3 is 2.96 bits per heavy atom. The van der Waals surface area contributed by atoms with Gasteiger partial charge in [-0.05, 0) is 24.6 Å². The summed E-state index contributed by atoms with van der Waals surface area (Å²) >= 11 is 0. The lowest BCUT2D eigenvalue weighted by atomic mass is 10.1. The summed E-state index contributed by atoms with van der Waals surface area (Å²) in [5.41, 5.74) is 2.88. The first-order valence-corrected chi connectivity index (χ1v) is 7.67. The molecule has 1 amide bonds. The molecule has 1 aliphatic rings. The quantitative estimate of drug-likeness (QED) is 0.753. The van der Waals surface area contributed by atoms with Crippen molar-refractivity contribution in [1.82, 2.24) is 20.8 Å². The number of hydrogen-bond acceptors (Lipinski definition) is 4. The molecule has 0 saturated heterocycles. The first-order chi connectivity index (χ1) is 11.5. The number of benzene rings is 1. The Balaban J connectivity index is 0.00000225. The van der Waals surface area contributed by atoms with E-state index < -0.39 is 6.61 Å². The van der Waals surface area contributed by atoms with Crippen molar-refractivity contribution in [3.8, 4) is 5.75 Å². The number of halogens is 3. The molecule has 1 unspecified atom stereocenters. The van der Waals surface area contributed by atoms with E-state index in [0.717, 1.165) is 24.2 Å². The Hall–Kier alpha value is -2.19. The fourth-order valence-electron chi connectivity index (χ4n) is 2.72. The lowest BCUT2D eigenvalue weighted by Gasteiger charge is -2.16. The number of carbonyl (C=O) groups is 1. The second-order valence-corrected chi connectivity index (χ2v) is 5.60. The van der Waals surface area contributed by atoms with Gasteiger partial charge in [-0.1, -0.05) is 12.1 Å². The Morgan fingerprint density at radius 1 is 1.40 bits per heavy atom. The summed E-state index contributed by atoms with van der Waals surface area (Å²) in [6.45, 7) is 0.342. The molecule has 1 aromatic carbocycles. The third-order valence-electron chi connectivity index (χ3n) is 3.95. The van der Waals surface area contributed by atoms with Crippen molar-refractivity contribution in [2.45, 2.75) is 32.5 Å². The number of amides is 1. The second-order valence-electron chi connectivity index (χ2n) is 5.60. The molecule has 1 atom stereocenters. The molecule has 3 N–H and O–H groups in total. The van der Waals surface area contributed by atoms with Gasteiger partial charge >= 0.3 is 6.61 Å². The SMILES string of the molecule is CC(NC(=O)c1n[nH]c2c1CNCC2)c1cccc(OC(F)F)c1.Cl. The molecule has 0 saturated carbocycles. The number of hydrogen-bond donors (Lipinski definition) is 3. The molecule has 3 rings (SSSR count). The molecule has 1 aliphatic heterocycles. The maximum absolute atomic E-state index is 12.5. The lowest BCUT2D eigenvalue weighted by Crippen LogP contribution is -2.30. The number of carbonyl (C=O) groups excluding carboxylic acids is 1. The van der Waals surface area contributed by atoms with Crippen molar-refractivity contribution < 1.29 is 18.3 Å². The van der Waals surface area contributed by atoms with Gasteiger partial charge in [0.15, 0.2) is 5.69 Å². The molecule has 136 valence electrons. The molecule has 25 heavy (non-hydrogen) atoms. The van der Waals surface area contributed by atoms with Gasteiger partial charge in [0, 0.05) is 30.8 Å². The van der Waals surface area contributed by atoms with Gasteiger partial charge in [-0.15, -0.1) is 12.4 Å². The second kappa shape index (κ2) is 8.26. The third-order valence-corrected chi connectivity index (χ3v) is 3.95. The van der Waals surface area contributed by atoms with Gasteiger partial charge in [0.2, 0.25) is 0 Å². The zero-order valence-corrected chi connectivity index (χ0v) is 14.3. The highest BCUT2D eigenvalue weighted by molar-refractivity contribution is 5.94. The topological polar surface area (TPSA) is 79.0 Å². The van der Waals surface area contributed by atoms with Crippen LogP contribution in [0.2, 0.25) is 0 Å². The van der Waals surface area contributed by atoms with Crippen molar-refractivity contribution >= 4 is 18.3 Å². The van der Waals surface area contributed by atoms with E-state index in [2.05, 4.69) is 25.6 Å². The van der Waals surface area contributed by atoms with Crippen molar-refractivity contribution in [2.75, 3.05) is 6.54 Å². The van der Waals surface area contributed by atoms with E-state index in [1.54, 1.807) is 19.1 Å². The van der Waals surface area contributed by atoms with Gasteiger partial charge in [-0.25, -0.2) is 0 Å². The van der Waals surface area contributed by atoms with E-state index in [9.17, 15) is 13.6 Å². The minimum absolute atomic E-state index is 0. The number of aromatic nitrogens is 2. The molecular formula is C16H19ClF2N4O2. The van der Waals surface area contributed by atoms with E-state index in [4.69, 9.17) is 0 Å². The van der Waals surface area contributed by atoms with Crippen LogP contribution in [0.5, 0.6) is 5.75 Å². The molecule has 2 heterocycles. The van der Waals surface area contributed by atoms with E-state index in [1.165, 1.54) is 12.1 Å². The minimum Gasteiger partial charge on any atom is -0.435 e. The molecule has 2 aromatic rings. The maximum atomic E-state index is 12.5. The standard InChI is InChI=1S/C16H18F2N4O2.ClH/c1-9(10-3-2-4-11(7-10)24-16(17)18)20-15(23)14-12-8-19-6-5-13(12)21-22-14;/h2-4,7,9,16,19H,5-6,8H2,1H3,(H,20,23)(H,21,22);1H. The Kier molecular flexibility index (Phi) is 6.33. The molecular weight excluding hydrogens is 354 g/mol. The van der Waals surface area contributed by atoms with Crippen LogP contribution in [0.3, 0.4) is 0 Å².